The summed E-state index contributed by atoms with van der Waals surface area (Å²) in [6.07, 6.45) is 5.78. The quantitative estimate of drug-likeness (QED) is 0.254. The fourth-order valence-electron chi connectivity index (χ4n) is 6.47. The van der Waals surface area contributed by atoms with Crippen LogP contribution in [0, 0.1) is 0 Å². The van der Waals surface area contributed by atoms with Gasteiger partial charge in [0.15, 0.2) is 0 Å². The minimum atomic E-state index is 0.349. The van der Waals surface area contributed by atoms with Crippen LogP contribution in [0.1, 0.15) is 43.1 Å². The molecule has 5 heteroatoms. The Balaban J connectivity index is 1.10. The van der Waals surface area contributed by atoms with Crippen LogP contribution in [0.3, 0.4) is 0 Å². The largest absolute Gasteiger partial charge is 0.341 e. The minimum Gasteiger partial charge on any atom is -0.341 e. The van der Waals surface area contributed by atoms with Crippen molar-refractivity contribution in [2.75, 3.05) is 13.1 Å². The first-order valence-electron chi connectivity index (χ1n) is 14.0. The first-order chi connectivity index (χ1) is 18.8. The summed E-state index contributed by atoms with van der Waals surface area (Å²) < 4.78 is 0. The summed E-state index contributed by atoms with van der Waals surface area (Å²) in [7, 11) is 0. The summed E-state index contributed by atoms with van der Waals surface area (Å²) in [5.74, 6) is 1.06. The summed E-state index contributed by atoms with van der Waals surface area (Å²) in [6.45, 7) is 2.18. The average Bonchev–Trinajstić information content (AvgIpc) is 3.77. The van der Waals surface area contributed by atoms with Gasteiger partial charge in [-0.15, -0.1) is 0 Å². The Morgan fingerprint density at radius 3 is 2.11 bits per heavy atom. The number of aliphatic imine (C=N–C) groups is 1. The molecule has 1 aromatic heterocycles. The smallest absolute Gasteiger partial charge is 0.124 e. The molecule has 3 aliphatic heterocycles. The van der Waals surface area contributed by atoms with Gasteiger partial charge in [0, 0.05) is 18.2 Å². The molecule has 3 aliphatic rings. The van der Waals surface area contributed by atoms with Gasteiger partial charge in [0.25, 0.3) is 0 Å². The zero-order valence-electron chi connectivity index (χ0n) is 21.4. The molecule has 3 N–H and O–H groups in total. The Morgan fingerprint density at radius 1 is 0.658 bits per heavy atom. The van der Waals surface area contributed by atoms with Crippen molar-refractivity contribution in [3.05, 3.63) is 84.2 Å². The molecular formula is C33H31N5. The number of H-pyrrole nitrogens is 1. The van der Waals surface area contributed by atoms with E-state index in [1.165, 1.54) is 63.6 Å². The lowest BCUT2D eigenvalue weighted by atomic mass is 9.95. The minimum absolute atomic E-state index is 0.349. The van der Waals surface area contributed by atoms with Gasteiger partial charge in [0.05, 0.1) is 22.8 Å². The van der Waals surface area contributed by atoms with Gasteiger partial charge >= 0.3 is 0 Å². The topological polar surface area (TPSA) is 65.1 Å². The highest BCUT2D eigenvalue weighted by Gasteiger charge is 2.25. The van der Waals surface area contributed by atoms with E-state index in [1.807, 2.05) is 0 Å². The highest BCUT2D eigenvalue weighted by Crippen LogP contribution is 2.35. The molecule has 4 aromatic carbocycles. The van der Waals surface area contributed by atoms with E-state index in [1.54, 1.807) is 0 Å². The van der Waals surface area contributed by atoms with Gasteiger partial charge in [-0.3, -0.25) is 4.99 Å². The molecule has 0 spiro atoms. The van der Waals surface area contributed by atoms with E-state index >= 15 is 0 Å². The fourth-order valence-corrected chi connectivity index (χ4v) is 6.47. The van der Waals surface area contributed by atoms with E-state index in [-0.39, 0.29) is 0 Å². The van der Waals surface area contributed by atoms with E-state index in [9.17, 15) is 0 Å². The van der Waals surface area contributed by atoms with Crippen molar-refractivity contribution in [3.63, 3.8) is 0 Å². The van der Waals surface area contributed by atoms with Crippen LogP contribution in [0.4, 0.5) is 5.69 Å². The molecule has 0 aliphatic carbocycles. The van der Waals surface area contributed by atoms with E-state index in [0.717, 1.165) is 48.5 Å². The predicted octanol–water partition coefficient (Wildman–Crippen LogP) is 6.86. The van der Waals surface area contributed by atoms with Crippen LogP contribution in [-0.4, -0.2) is 34.8 Å². The number of aromatic amines is 1. The van der Waals surface area contributed by atoms with Crippen LogP contribution in [0.2, 0.25) is 0 Å². The number of nitrogens with one attached hydrogen (secondary N) is 3. The molecular weight excluding hydrogens is 466 g/mol. The molecule has 5 nitrogen and oxygen atoms in total. The number of aromatic nitrogens is 2. The van der Waals surface area contributed by atoms with E-state index in [0.29, 0.717) is 12.1 Å². The average molecular weight is 498 g/mol. The second kappa shape index (κ2) is 8.90. The molecule has 0 unspecified atom stereocenters. The standard InChI is InChI=1S/C33H31N5/c1-3-28(34-13-1)31-19-26-17-23(9-11-27(26)36-31)21-7-5-20-6-8-22(16-25(20)15-21)24-10-12-29-32(18-24)38-33(37-29)30-4-2-14-35-30/h5-12,15-18,28,30,34-35H,1-4,13-14,19H2,(H,37,38)/t28-,30-/m0/s1. The van der Waals surface area contributed by atoms with Gasteiger partial charge in [-0.25, -0.2) is 4.98 Å². The zero-order valence-corrected chi connectivity index (χ0v) is 21.4. The summed E-state index contributed by atoms with van der Waals surface area (Å²) in [5, 5.41) is 9.66. The third-order valence-electron chi connectivity index (χ3n) is 8.58. The number of nitrogens with zero attached hydrogens (tertiary/aromatic N) is 2. The second-order valence-corrected chi connectivity index (χ2v) is 11.1. The van der Waals surface area contributed by atoms with Gasteiger partial charge in [-0.2, -0.15) is 0 Å². The molecule has 0 radical (unpaired) electrons. The Bertz CT molecular complexity index is 1720. The molecule has 5 aromatic rings. The third kappa shape index (κ3) is 3.85. The van der Waals surface area contributed by atoms with Gasteiger partial charge < -0.3 is 15.6 Å². The molecule has 0 amide bonds. The third-order valence-corrected chi connectivity index (χ3v) is 8.58. The lowest BCUT2D eigenvalue weighted by Gasteiger charge is -2.09. The highest BCUT2D eigenvalue weighted by molar-refractivity contribution is 5.99. The molecule has 0 saturated carbocycles. The molecule has 8 rings (SSSR count). The number of fused-ring (bicyclic) bond motifs is 3. The zero-order chi connectivity index (χ0) is 25.1. The maximum absolute atomic E-state index is 4.95. The lowest BCUT2D eigenvalue weighted by molar-refractivity contribution is 0.614. The summed E-state index contributed by atoms with van der Waals surface area (Å²) in [4.78, 5) is 13.4. The van der Waals surface area contributed by atoms with Crippen LogP contribution < -0.4 is 10.6 Å². The Kier molecular flexibility index (Phi) is 5.20. The predicted molar refractivity (Wildman–Crippen MR) is 156 cm³/mol. The fraction of sp³-hybridized carbons (Fsp3) is 0.273. The van der Waals surface area contributed by atoms with Crippen LogP contribution >= 0.6 is 0 Å². The normalized spacial score (nSPS) is 20.9. The van der Waals surface area contributed by atoms with Crippen molar-refractivity contribution < 1.29 is 0 Å². The molecule has 4 heterocycles. The molecule has 2 atom stereocenters. The number of hydrogen-bond donors (Lipinski definition) is 3. The van der Waals surface area contributed by atoms with Crippen LogP contribution in [-0.2, 0) is 6.42 Å². The van der Waals surface area contributed by atoms with Gasteiger partial charge in [-0.1, -0.05) is 36.4 Å². The maximum Gasteiger partial charge on any atom is 0.124 e. The first kappa shape index (κ1) is 22.2. The van der Waals surface area contributed by atoms with Gasteiger partial charge in [-0.05, 0) is 114 Å². The van der Waals surface area contributed by atoms with Crippen molar-refractivity contribution in [1.82, 2.24) is 20.6 Å². The van der Waals surface area contributed by atoms with Crippen LogP contribution in [0.5, 0.6) is 0 Å². The molecule has 38 heavy (non-hydrogen) atoms. The molecule has 2 fully saturated rings. The molecule has 0 bridgehead atoms. The summed E-state index contributed by atoms with van der Waals surface area (Å²) in [5.41, 5.74) is 10.9. The highest BCUT2D eigenvalue weighted by atomic mass is 15.0. The molecule has 188 valence electrons. The number of hydrogen-bond acceptors (Lipinski definition) is 4. The molecule has 2 saturated heterocycles. The Morgan fingerprint density at radius 2 is 1.34 bits per heavy atom. The van der Waals surface area contributed by atoms with Crippen molar-refractivity contribution in [2.24, 2.45) is 4.99 Å². The monoisotopic (exact) mass is 497 g/mol. The lowest BCUT2D eigenvalue weighted by Crippen LogP contribution is -2.30. The number of rotatable bonds is 4. The summed E-state index contributed by atoms with van der Waals surface area (Å²) in [6, 6.07) is 27.7. The number of imidazole rings is 1. The summed E-state index contributed by atoms with van der Waals surface area (Å²) >= 11 is 0. The first-order valence-corrected chi connectivity index (χ1v) is 14.0. The van der Waals surface area contributed by atoms with Gasteiger partial charge in [0.2, 0.25) is 0 Å². The van der Waals surface area contributed by atoms with Crippen molar-refractivity contribution >= 4 is 33.2 Å². The van der Waals surface area contributed by atoms with E-state index in [4.69, 9.17) is 9.98 Å². The van der Waals surface area contributed by atoms with E-state index < -0.39 is 0 Å². The Hall–Kier alpha value is -3.80. The SMILES string of the molecule is c1cc2c(cc1-c1ccc3ccc(-c4ccc5nc([C@@H]6CCCN6)[nH]c5c4)cc3c1)CC([C@@H]1CCCN1)=N2. The van der Waals surface area contributed by atoms with Crippen LogP contribution in [0.15, 0.2) is 77.8 Å². The number of benzene rings is 4. The van der Waals surface area contributed by atoms with E-state index in [2.05, 4.69) is 88.4 Å². The maximum atomic E-state index is 4.95. The van der Waals surface area contributed by atoms with Crippen molar-refractivity contribution in [3.8, 4) is 22.3 Å². The van der Waals surface area contributed by atoms with Crippen molar-refractivity contribution in [1.29, 1.82) is 0 Å². The second-order valence-electron chi connectivity index (χ2n) is 11.1. The Labute approximate surface area is 222 Å². The van der Waals surface area contributed by atoms with Crippen LogP contribution in [0.25, 0.3) is 44.1 Å². The van der Waals surface area contributed by atoms with Gasteiger partial charge in [0.1, 0.15) is 5.82 Å². The van der Waals surface area contributed by atoms with Crippen molar-refractivity contribution in [2.45, 2.75) is 44.2 Å².